The molecular weight excluding hydrogens is 318 g/mol. The average molecular weight is 345 g/mol. The zero-order valence-electron chi connectivity index (χ0n) is 15.2. The highest BCUT2D eigenvalue weighted by atomic mass is 16.6. The fourth-order valence-corrected chi connectivity index (χ4v) is 4.16. The summed E-state index contributed by atoms with van der Waals surface area (Å²) in [5.41, 5.74) is -0.627. The highest BCUT2D eigenvalue weighted by Gasteiger charge is 2.52. The average Bonchev–Trinajstić information content (AvgIpc) is 2.76. The van der Waals surface area contributed by atoms with E-state index in [4.69, 9.17) is 4.74 Å². The van der Waals surface area contributed by atoms with Gasteiger partial charge in [-0.1, -0.05) is 6.07 Å². The van der Waals surface area contributed by atoms with Crippen LogP contribution < -0.4 is 10.6 Å². The van der Waals surface area contributed by atoms with E-state index < -0.39 is 5.60 Å². The largest absolute Gasteiger partial charge is 0.444 e. The number of carbonyl (C=O) groups is 2. The van der Waals surface area contributed by atoms with Gasteiger partial charge < -0.3 is 15.4 Å². The van der Waals surface area contributed by atoms with Gasteiger partial charge in [-0.2, -0.15) is 0 Å². The second-order valence-corrected chi connectivity index (χ2v) is 8.39. The lowest BCUT2D eigenvalue weighted by atomic mass is 9.78. The molecule has 2 atom stereocenters. The monoisotopic (exact) mass is 345 g/mol. The number of nitrogens with one attached hydrogen (secondary N) is 2. The minimum absolute atomic E-state index is 0.143. The molecule has 2 N–H and O–H groups in total. The van der Waals surface area contributed by atoms with Crippen LogP contribution >= 0.6 is 0 Å². The number of amides is 2. The molecule has 2 aliphatic rings. The molecule has 2 saturated carbocycles. The number of rotatable bonds is 3. The van der Waals surface area contributed by atoms with Crippen LogP contribution in [0.25, 0.3) is 0 Å². The molecule has 0 unspecified atom stereocenters. The number of nitrogens with zero attached hydrogens (tertiary/aromatic N) is 1. The minimum Gasteiger partial charge on any atom is -0.444 e. The molecule has 1 aromatic rings. The second kappa shape index (κ2) is 6.32. The first-order valence-corrected chi connectivity index (χ1v) is 8.96. The van der Waals surface area contributed by atoms with Gasteiger partial charge in [0.2, 0.25) is 0 Å². The molecule has 136 valence electrons. The first kappa shape index (κ1) is 17.7. The van der Waals surface area contributed by atoms with E-state index in [0.717, 1.165) is 38.5 Å². The van der Waals surface area contributed by atoms with E-state index in [-0.39, 0.29) is 23.1 Å². The van der Waals surface area contributed by atoms with Gasteiger partial charge in [-0.05, 0) is 71.4 Å². The van der Waals surface area contributed by atoms with Crippen LogP contribution in [0.5, 0.6) is 0 Å². The quantitative estimate of drug-likeness (QED) is 0.882. The molecule has 0 spiro atoms. The zero-order chi connectivity index (χ0) is 18.1. The fraction of sp³-hybridized carbons (Fsp3) is 0.632. The number of hydrogen-bond donors (Lipinski definition) is 2. The number of ether oxygens (including phenoxy) is 1. The highest BCUT2D eigenvalue weighted by Crippen LogP contribution is 2.48. The first-order chi connectivity index (χ1) is 11.7. The lowest BCUT2D eigenvalue weighted by molar-refractivity contribution is 0.0428. The summed E-state index contributed by atoms with van der Waals surface area (Å²) in [5.74, 6) is -0.143. The van der Waals surface area contributed by atoms with Crippen molar-refractivity contribution in [2.45, 2.75) is 76.0 Å². The van der Waals surface area contributed by atoms with Crippen molar-refractivity contribution >= 4 is 12.0 Å². The van der Waals surface area contributed by atoms with Gasteiger partial charge in [-0.25, -0.2) is 4.79 Å². The third-order valence-electron chi connectivity index (χ3n) is 5.11. The zero-order valence-corrected chi connectivity index (χ0v) is 15.2. The summed E-state index contributed by atoms with van der Waals surface area (Å²) in [6.45, 7) is 5.57. The summed E-state index contributed by atoms with van der Waals surface area (Å²) in [6, 6.07) is 5.32. The maximum Gasteiger partial charge on any atom is 0.408 e. The molecule has 6 nitrogen and oxygen atoms in total. The van der Waals surface area contributed by atoms with Gasteiger partial charge in [0.15, 0.2) is 0 Å². The second-order valence-electron chi connectivity index (χ2n) is 8.39. The van der Waals surface area contributed by atoms with Crippen molar-refractivity contribution in [2.75, 3.05) is 0 Å². The Morgan fingerprint density at radius 3 is 2.36 bits per heavy atom. The summed E-state index contributed by atoms with van der Waals surface area (Å²) in [5, 5.41) is 6.28. The van der Waals surface area contributed by atoms with Crippen LogP contribution in [0.2, 0.25) is 0 Å². The molecular formula is C19H27N3O3. The van der Waals surface area contributed by atoms with E-state index in [1.165, 1.54) is 0 Å². The van der Waals surface area contributed by atoms with Gasteiger partial charge in [-0.3, -0.25) is 9.78 Å². The van der Waals surface area contributed by atoms with Crippen LogP contribution in [0.15, 0.2) is 24.4 Å². The molecule has 3 rings (SSSR count). The number of hydrogen-bond acceptors (Lipinski definition) is 4. The molecule has 1 aromatic heterocycles. The molecule has 25 heavy (non-hydrogen) atoms. The van der Waals surface area contributed by atoms with E-state index in [2.05, 4.69) is 15.6 Å². The van der Waals surface area contributed by atoms with Crippen LogP contribution in [-0.2, 0) is 4.74 Å². The Morgan fingerprint density at radius 1 is 1.08 bits per heavy atom. The van der Waals surface area contributed by atoms with Crippen molar-refractivity contribution < 1.29 is 14.3 Å². The molecule has 0 aliphatic heterocycles. The maximum atomic E-state index is 12.5. The number of fused-ring (bicyclic) bond motifs is 2. The lowest BCUT2D eigenvalue weighted by Crippen LogP contribution is -2.55. The first-order valence-electron chi connectivity index (χ1n) is 8.96. The summed E-state index contributed by atoms with van der Waals surface area (Å²) in [6.07, 6.45) is 6.54. The Kier molecular flexibility index (Phi) is 4.47. The van der Waals surface area contributed by atoms with Gasteiger partial charge in [0.25, 0.3) is 5.91 Å². The third-order valence-corrected chi connectivity index (χ3v) is 5.11. The Morgan fingerprint density at radius 2 is 1.76 bits per heavy atom. The SMILES string of the molecule is CC(C)(C)OC(=O)N[C@]12CCC[C@](NC(=O)c3ccccn3)(CC1)C2. The van der Waals surface area contributed by atoms with Crippen LogP contribution in [0.3, 0.4) is 0 Å². The van der Waals surface area contributed by atoms with Gasteiger partial charge in [0.05, 0.1) is 0 Å². The molecule has 2 bridgehead atoms. The van der Waals surface area contributed by atoms with Crippen molar-refractivity contribution in [3.63, 3.8) is 0 Å². The highest BCUT2D eigenvalue weighted by molar-refractivity contribution is 5.92. The summed E-state index contributed by atoms with van der Waals surface area (Å²) in [4.78, 5) is 28.9. The van der Waals surface area contributed by atoms with Gasteiger partial charge >= 0.3 is 6.09 Å². The van der Waals surface area contributed by atoms with Crippen molar-refractivity contribution in [3.8, 4) is 0 Å². The molecule has 6 heteroatoms. The van der Waals surface area contributed by atoms with Crippen LogP contribution in [-0.4, -0.2) is 33.7 Å². The maximum absolute atomic E-state index is 12.5. The number of pyridine rings is 1. The summed E-state index contributed by atoms with van der Waals surface area (Å²) in [7, 11) is 0. The van der Waals surface area contributed by atoms with E-state index in [1.807, 2.05) is 26.8 Å². The predicted octanol–water partition coefficient (Wildman–Crippen LogP) is 3.18. The minimum atomic E-state index is -0.516. The Hall–Kier alpha value is -2.11. The normalized spacial score (nSPS) is 28.3. The van der Waals surface area contributed by atoms with E-state index in [1.54, 1.807) is 18.3 Å². The molecule has 2 aliphatic carbocycles. The third kappa shape index (κ3) is 4.11. The Bertz CT molecular complexity index is 656. The van der Waals surface area contributed by atoms with Crippen molar-refractivity contribution in [1.29, 1.82) is 0 Å². The van der Waals surface area contributed by atoms with Crippen molar-refractivity contribution in [3.05, 3.63) is 30.1 Å². The molecule has 2 fully saturated rings. The Balaban J connectivity index is 1.67. The standard InChI is InChI=1S/C19H27N3O3/c1-17(2,3)25-16(24)22-19-9-6-8-18(13-19,10-11-19)21-15(23)14-7-4-5-12-20-14/h4-5,7,12H,6,8-11,13H2,1-3H3,(H,21,23)(H,22,24)/t18-,19+/m0/s1. The van der Waals surface area contributed by atoms with Crippen LogP contribution in [0.4, 0.5) is 4.79 Å². The van der Waals surface area contributed by atoms with E-state index in [0.29, 0.717) is 5.69 Å². The molecule has 0 saturated heterocycles. The fourth-order valence-electron chi connectivity index (χ4n) is 4.16. The van der Waals surface area contributed by atoms with Crippen LogP contribution in [0, 0.1) is 0 Å². The Labute approximate surface area is 148 Å². The molecule has 1 heterocycles. The smallest absolute Gasteiger partial charge is 0.408 e. The van der Waals surface area contributed by atoms with Crippen LogP contribution in [0.1, 0.15) is 69.8 Å². The topological polar surface area (TPSA) is 80.3 Å². The number of alkyl carbamates (subject to hydrolysis) is 1. The van der Waals surface area contributed by atoms with E-state index in [9.17, 15) is 9.59 Å². The van der Waals surface area contributed by atoms with Crippen molar-refractivity contribution in [2.24, 2.45) is 0 Å². The lowest BCUT2D eigenvalue weighted by Gasteiger charge is -2.40. The van der Waals surface area contributed by atoms with Gasteiger partial charge in [-0.15, -0.1) is 0 Å². The summed E-state index contributed by atoms with van der Waals surface area (Å²) < 4.78 is 5.42. The molecule has 0 radical (unpaired) electrons. The van der Waals surface area contributed by atoms with E-state index >= 15 is 0 Å². The van der Waals surface area contributed by atoms with Gasteiger partial charge in [0.1, 0.15) is 11.3 Å². The molecule has 0 aromatic carbocycles. The summed E-state index contributed by atoms with van der Waals surface area (Å²) >= 11 is 0. The number of aromatic nitrogens is 1. The predicted molar refractivity (Wildman–Crippen MR) is 94.2 cm³/mol. The molecule has 2 amide bonds. The van der Waals surface area contributed by atoms with Crippen molar-refractivity contribution in [1.82, 2.24) is 15.6 Å². The number of carbonyl (C=O) groups excluding carboxylic acids is 2. The van der Waals surface area contributed by atoms with Gasteiger partial charge in [0, 0.05) is 17.3 Å².